The quantitative estimate of drug-likeness (QED) is 0.693. The first-order valence-corrected chi connectivity index (χ1v) is 11.8. The normalized spacial score (nSPS) is 29.9. The number of nitrogens with zero attached hydrogens (tertiary/aromatic N) is 2. The molecule has 2 N–H and O–H groups in total. The molecule has 1 unspecified atom stereocenters. The van der Waals surface area contributed by atoms with Crippen LogP contribution in [0.3, 0.4) is 0 Å². The molecular weight excluding hydrogens is 421 g/mol. The Bertz CT molecular complexity index is 1010. The maximum atomic E-state index is 13.5. The summed E-state index contributed by atoms with van der Waals surface area (Å²) in [6, 6.07) is 11.0. The number of carbonyl (C=O) groups is 1. The van der Waals surface area contributed by atoms with Crippen LogP contribution in [0.5, 0.6) is 0 Å². The molecule has 5 rings (SSSR count). The zero-order valence-corrected chi connectivity index (χ0v) is 18.6. The lowest BCUT2D eigenvalue weighted by atomic mass is 9.75. The number of pyridine rings is 1. The van der Waals surface area contributed by atoms with Crippen molar-refractivity contribution in [1.82, 2.24) is 15.2 Å². The van der Waals surface area contributed by atoms with Gasteiger partial charge in [0.15, 0.2) is 0 Å². The van der Waals surface area contributed by atoms with Crippen molar-refractivity contribution in [1.29, 1.82) is 0 Å². The van der Waals surface area contributed by atoms with Gasteiger partial charge in [-0.25, -0.2) is 9.18 Å². The topological polar surface area (TPSA) is 74.7 Å². The Balaban J connectivity index is 1.32. The van der Waals surface area contributed by atoms with E-state index in [4.69, 9.17) is 9.84 Å². The van der Waals surface area contributed by atoms with E-state index >= 15 is 0 Å². The number of benzene rings is 1. The SMILES string of the molecule is O=C(O)NC1CC[C@@H]2[C@H](C1)C[C@H](N1CCOC1)[C@H]2C=Cc1ccc(-c2cccc(F)c2)cn1. The van der Waals surface area contributed by atoms with E-state index in [0.717, 1.165) is 55.7 Å². The molecule has 2 heterocycles. The number of amides is 1. The third-order valence-corrected chi connectivity index (χ3v) is 7.53. The largest absolute Gasteiger partial charge is 0.465 e. The average molecular weight is 452 g/mol. The van der Waals surface area contributed by atoms with Crippen LogP contribution >= 0.6 is 0 Å². The Morgan fingerprint density at radius 1 is 1.21 bits per heavy atom. The molecule has 2 saturated carbocycles. The summed E-state index contributed by atoms with van der Waals surface area (Å²) >= 11 is 0. The summed E-state index contributed by atoms with van der Waals surface area (Å²) in [5.74, 6) is 1.20. The summed E-state index contributed by atoms with van der Waals surface area (Å²) in [6.07, 6.45) is 9.19. The molecule has 0 bridgehead atoms. The van der Waals surface area contributed by atoms with E-state index in [9.17, 15) is 9.18 Å². The van der Waals surface area contributed by atoms with E-state index in [1.807, 2.05) is 18.2 Å². The highest BCUT2D eigenvalue weighted by molar-refractivity contribution is 5.65. The van der Waals surface area contributed by atoms with Gasteiger partial charge in [0, 0.05) is 30.4 Å². The van der Waals surface area contributed by atoms with Crippen molar-refractivity contribution < 1.29 is 19.0 Å². The standard InChI is InChI=1S/C26H30FN3O3/c27-20-3-1-2-17(12-20)18-4-5-21(28-15-18)6-9-24-23-8-7-22(29-26(31)32)13-19(23)14-25(24)30-10-11-33-16-30/h1-6,9,12,15,19,22-25,29H,7-8,10-11,13-14,16H2,(H,31,32)/t19-,22?,23-,24+,25+/m1/s1. The summed E-state index contributed by atoms with van der Waals surface area (Å²) in [5, 5.41) is 11.8. The molecule has 0 spiro atoms. The van der Waals surface area contributed by atoms with Crippen molar-refractivity contribution in [3.05, 3.63) is 60.2 Å². The van der Waals surface area contributed by atoms with E-state index in [0.29, 0.717) is 30.5 Å². The second-order valence-corrected chi connectivity index (χ2v) is 9.45. The van der Waals surface area contributed by atoms with Crippen LogP contribution < -0.4 is 5.32 Å². The van der Waals surface area contributed by atoms with E-state index in [2.05, 4.69) is 27.4 Å². The highest BCUT2D eigenvalue weighted by Gasteiger charge is 2.47. The van der Waals surface area contributed by atoms with Gasteiger partial charge in [0.1, 0.15) is 5.82 Å². The third-order valence-electron chi connectivity index (χ3n) is 7.53. The second-order valence-electron chi connectivity index (χ2n) is 9.45. The van der Waals surface area contributed by atoms with E-state index in [1.165, 1.54) is 12.1 Å². The number of hydrogen-bond acceptors (Lipinski definition) is 4. The zero-order chi connectivity index (χ0) is 22.8. The monoisotopic (exact) mass is 451 g/mol. The Labute approximate surface area is 193 Å². The number of hydrogen-bond donors (Lipinski definition) is 2. The fraction of sp³-hybridized carbons (Fsp3) is 0.462. The first kappa shape index (κ1) is 22.0. The van der Waals surface area contributed by atoms with Crippen LogP contribution in [-0.2, 0) is 4.74 Å². The lowest BCUT2D eigenvalue weighted by molar-refractivity contribution is 0.102. The van der Waals surface area contributed by atoms with E-state index < -0.39 is 6.09 Å². The maximum absolute atomic E-state index is 13.5. The van der Waals surface area contributed by atoms with Crippen LogP contribution in [0.15, 0.2) is 48.7 Å². The number of rotatable bonds is 5. The van der Waals surface area contributed by atoms with Gasteiger partial charge in [0.25, 0.3) is 0 Å². The van der Waals surface area contributed by atoms with Crippen molar-refractivity contribution in [2.24, 2.45) is 17.8 Å². The first-order valence-electron chi connectivity index (χ1n) is 11.8. The molecule has 3 fully saturated rings. The molecule has 1 saturated heterocycles. The van der Waals surface area contributed by atoms with Crippen LogP contribution in [0, 0.1) is 23.6 Å². The predicted molar refractivity (Wildman–Crippen MR) is 124 cm³/mol. The first-order chi connectivity index (χ1) is 16.1. The molecular formula is C26H30FN3O3. The van der Waals surface area contributed by atoms with Crippen LogP contribution in [0.25, 0.3) is 17.2 Å². The fourth-order valence-corrected chi connectivity index (χ4v) is 6.03. The fourth-order valence-electron chi connectivity index (χ4n) is 6.03. The number of nitrogens with one attached hydrogen (secondary N) is 1. The summed E-state index contributed by atoms with van der Waals surface area (Å²) in [6.45, 7) is 2.40. The molecule has 1 aliphatic heterocycles. The van der Waals surface area contributed by atoms with Gasteiger partial charge in [0.05, 0.1) is 19.0 Å². The van der Waals surface area contributed by atoms with Gasteiger partial charge in [-0.15, -0.1) is 0 Å². The maximum Gasteiger partial charge on any atom is 0.404 e. The van der Waals surface area contributed by atoms with Gasteiger partial charge in [0.2, 0.25) is 0 Å². The minimum atomic E-state index is -0.926. The lowest BCUT2D eigenvalue weighted by Crippen LogP contribution is -2.40. The van der Waals surface area contributed by atoms with Gasteiger partial charge in [-0.1, -0.05) is 24.3 Å². The van der Waals surface area contributed by atoms with Crippen molar-refractivity contribution in [3.8, 4) is 11.1 Å². The average Bonchev–Trinajstić information content (AvgIpc) is 3.45. The number of fused-ring (bicyclic) bond motifs is 1. The zero-order valence-electron chi connectivity index (χ0n) is 18.6. The molecule has 1 aromatic carbocycles. The van der Waals surface area contributed by atoms with Crippen molar-refractivity contribution in [2.75, 3.05) is 19.9 Å². The number of halogens is 1. The minimum absolute atomic E-state index is 0.0546. The molecule has 1 amide bonds. The summed E-state index contributed by atoms with van der Waals surface area (Å²) in [5.41, 5.74) is 2.60. The van der Waals surface area contributed by atoms with Gasteiger partial charge in [-0.2, -0.15) is 0 Å². The molecule has 33 heavy (non-hydrogen) atoms. The van der Waals surface area contributed by atoms with Gasteiger partial charge in [-0.05, 0) is 73.3 Å². The molecule has 0 radical (unpaired) electrons. The summed E-state index contributed by atoms with van der Waals surface area (Å²) < 4.78 is 19.2. The molecule has 2 aromatic rings. The Morgan fingerprint density at radius 3 is 2.85 bits per heavy atom. The molecule has 6 nitrogen and oxygen atoms in total. The molecule has 1 aromatic heterocycles. The van der Waals surface area contributed by atoms with Crippen LogP contribution in [0.1, 0.15) is 31.4 Å². The number of carboxylic acid groups (broad SMARTS) is 1. The molecule has 5 atom stereocenters. The smallest absolute Gasteiger partial charge is 0.404 e. The second kappa shape index (κ2) is 9.61. The minimum Gasteiger partial charge on any atom is -0.465 e. The van der Waals surface area contributed by atoms with Crippen LogP contribution in [0.4, 0.5) is 9.18 Å². The molecule has 2 aliphatic carbocycles. The van der Waals surface area contributed by atoms with Crippen molar-refractivity contribution >= 4 is 12.2 Å². The Kier molecular flexibility index (Phi) is 6.42. The van der Waals surface area contributed by atoms with Gasteiger partial charge in [-0.3, -0.25) is 9.88 Å². The highest BCUT2D eigenvalue weighted by atomic mass is 19.1. The Morgan fingerprint density at radius 2 is 2.12 bits per heavy atom. The third kappa shape index (κ3) is 4.94. The molecule has 3 aliphatic rings. The summed E-state index contributed by atoms with van der Waals surface area (Å²) in [4.78, 5) is 18.1. The molecule has 7 heteroatoms. The Hall–Kier alpha value is -2.77. The summed E-state index contributed by atoms with van der Waals surface area (Å²) in [7, 11) is 0. The van der Waals surface area contributed by atoms with E-state index in [1.54, 1.807) is 12.3 Å². The van der Waals surface area contributed by atoms with Crippen LogP contribution in [0.2, 0.25) is 0 Å². The van der Waals surface area contributed by atoms with Crippen LogP contribution in [-0.4, -0.2) is 53.0 Å². The number of aromatic nitrogens is 1. The predicted octanol–water partition coefficient (Wildman–Crippen LogP) is 4.63. The van der Waals surface area contributed by atoms with E-state index in [-0.39, 0.29) is 11.9 Å². The van der Waals surface area contributed by atoms with Crippen molar-refractivity contribution in [3.63, 3.8) is 0 Å². The molecule has 174 valence electrons. The van der Waals surface area contributed by atoms with Crippen molar-refractivity contribution in [2.45, 2.75) is 37.8 Å². The number of ether oxygens (including phenoxy) is 1. The van der Waals surface area contributed by atoms with Gasteiger partial charge >= 0.3 is 6.09 Å². The van der Waals surface area contributed by atoms with Gasteiger partial charge < -0.3 is 15.2 Å². The highest BCUT2D eigenvalue weighted by Crippen LogP contribution is 2.48. The lowest BCUT2D eigenvalue weighted by Gasteiger charge is -2.34.